The molecule has 0 spiro atoms. The van der Waals surface area contributed by atoms with E-state index in [0.717, 1.165) is 24.9 Å². The highest BCUT2D eigenvalue weighted by Gasteiger charge is 2.01. The number of amides is 1. The molecule has 0 saturated heterocycles. The van der Waals surface area contributed by atoms with Crippen LogP contribution in [-0.4, -0.2) is 12.7 Å². The molecule has 15 heavy (non-hydrogen) atoms. The van der Waals surface area contributed by atoms with Gasteiger partial charge in [0.15, 0.2) is 0 Å². The Morgan fingerprint density at radius 3 is 2.67 bits per heavy atom. The molecule has 0 saturated carbocycles. The zero-order valence-electron chi connectivity index (χ0n) is 8.74. The largest absolute Gasteiger partial charge is 0.449 e. The quantitative estimate of drug-likeness (QED) is 0.751. The number of carbonyl (C=O) groups excluding carboxylic acids is 1. The summed E-state index contributed by atoms with van der Waals surface area (Å²) < 4.78 is 4.97. The SMILES string of the molecule is [CH2]CCCCOC(=O)Nc1ccccc1. The number of nitrogens with one attached hydrogen (secondary N) is 1. The first kappa shape index (κ1) is 11.6. The molecule has 0 bridgehead atoms. The van der Waals surface area contributed by atoms with Gasteiger partial charge in [0.05, 0.1) is 6.61 Å². The zero-order chi connectivity index (χ0) is 10.9. The van der Waals surface area contributed by atoms with Crippen molar-refractivity contribution in [2.75, 3.05) is 11.9 Å². The standard InChI is InChI=1S/C12H16NO2/c1-2-3-7-10-15-12(14)13-11-8-5-4-6-9-11/h4-6,8-9H,1-3,7,10H2,(H,13,14). The molecule has 0 atom stereocenters. The van der Waals surface area contributed by atoms with Crippen LogP contribution >= 0.6 is 0 Å². The molecule has 0 aliphatic rings. The van der Waals surface area contributed by atoms with Crippen molar-refractivity contribution < 1.29 is 9.53 Å². The van der Waals surface area contributed by atoms with Crippen LogP contribution in [0.2, 0.25) is 0 Å². The molecule has 0 heterocycles. The molecule has 0 unspecified atom stereocenters. The third-order valence-electron chi connectivity index (χ3n) is 1.90. The summed E-state index contributed by atoms with van der Waals surface area (Å²) >= 11 is 0. The first-order chi connectivity index (χ1) is 7.33. The lowest BCUT2D eigenvalue weighted by atomic mass is 10.3. The van der Waals surface area contributed by atoms with Crippen molar-refractivity contribution in [2.45, 2.75) is 19.3 Å². The van der Waals surface area contributed by atoms with Crippen LogP contribution in [0.15, 0.2) is 30.3 Å². The van der Waals surface area contributed by atoms with E-state index in [9.17, 15) is 4.79 Å². The van der Waals surface area contributed by atoms with E-state index in [4.69, 9.17) is 4.74 Å². The Labute approximate surface area is 90.4 Å². The van der Waals surface area contributed by atoms with Crippen LogP contribution in [0, 0.1) is 6.92 Å². The van der Waals surface area contributed by atoms with Gasteiger partial charge in [-0.3, -0.25) is 5.32 Å². The highest BCUT2D eigenvalue weighted by molar-refractivity contribution is 5.84. The Balaban J connectivity index is 2.19. The monoisotopic (exact) mass is 206 g/mol. The highest BCUT2D eigenvalue weighted by atomic mass is 16.5. The van der Waals surface area contributed by atoms with Crippen molar-refractivity contribution in [3.8, 4) is 0 Å². The van der Waals surface area contributed by atoms with E-state index in [1.807, 2.05) is 30.3 Å². The molecule has 0 aromatic heterocycles. The molecule has 0 aliphatic heterocycles. The molecule has 3 heteroatoms. The summed E-state index contributed by atoms with van der Waals surface area (Å²) in [6.45, 7) is 4.17. The van der Waals surface area contributed by atoms with Crippen molar-refractivity contribution in [1.82, 2.24) is 0 Å². The highest BCUT2D eigenvalue weighted by Crippen LogP contribution is 2.05. The molecule has 1 radical (unpaired) electrons. The lowest BCUT2D eigenvalue weighted by Crippen LogP contribution is -2.14. The number of hydrogen-bond donors (Lipinski definition) is 1. The maximum absolute atomic E-state index is 11.2. The summed E-state index contributed by atoms with van der Waals surface area (Å²) in [7, 11) is 0. The van der Waals surface area contributed by atoms with Gasteiger partial charge in [-0.25, -0.2) is 4.79 Å². The number of ether oxygens (including phenoxy) is 1. The second kappa shape index (κ2) is 6.87. The van der Waals surface area contributed by atoms with Crippen LogP contribution in [0.25, 0.3) is 0 Å². The van der Waals surface area contributed by atoms with Gasteiger partial charge in [0.25, 0.3) is 0 Å². The normalized spacial score (nSPS) is 9.67. The summed E-state index contributed by atoms with van der Waals surface area (Å²) in [5.41, 5.74) is 0.750. The van der Waals surface area contributed by atoms with Gasteiger partial charge in [-0.05, 0) is 18.6 Å². The molecule has 81 valence electrons. The average Bonchev–Trinajstić information content (AvgIpc) is 2.26. The van der Waals surface area contributed by atoms with E-state index in [0.29, 0.717) is 6.61 Å². The minimum Gasteiger partial charge on any atom is -0.449 e. The molecule has 3 nitrogen and oxygen atoms in total. The fourth-order valence-corrected chi connectivity index (χ4v) is 1.12. The zero-order valence-corrected chi connectivity index (χ0v) is 8.74. The molecular weight excluding hydrogens is 190 g/mol. The third kappa shape index (κ3) is 5.05. The molecule has 1 N–H and O–H groups in total. The summed E-state index contributed by atoms with van der Waals surface area (Å²) in [6, 6.07) is 9.25. The van der Waals surface area contributed by atoms with Gasteiger partial charge in [0.1, 0.15) is 0 Å². The van der Waals surface area contributed by atoms with Gasteiger partial charge >= 0.3 is 6.09 Å². The van der Waals surface area contributed by atoms with E-state index in [-0.39, 0.29) is 0 Å². The number of benzene rings is 1. The van der Waals surface area contributed by atoms with Crippen molar-refractivity contribution in [3.63, 3.8) is 0 Å². The van der Waals surface area contributed by atoms with Crippen molar-refractivity contribution in [1.29, 1.82) is 0 Å². The minimum absolute atomic E-state index is 0.398. The number of unbranched alkanes of at least 4 members (excludes halogenated alkanes) is 2. The van der Waals surface area contributed by atoms with Crippen LogP contribution in [0.1, 0.15) is 19.3 Å². The van der Waals surface area contributed by atoms with Crippen LogP contribution in [0.5, 0.6) is 0 Å². The number of carbonyl (C=O) groups is 1. The number of para-hydroxylation sites is 1. The molecule has 0 fully saturated rings. The Hall–Kier alpha value is -1.51. The van der Waals surface area contributed by atoms with Gasteiger partial charge in [-0.2, -0.15) is 0 Å². The summed E-state index contributed by atoms with van der Waals surface area (Å²) in [5.74, 6) is 0. The second-order valence-corrected chi connectivity index (χ2v) is 3.19. The fraction of sp³-hybridized carbons (Fsp3) is 0.333. The lowest BCUT2D eigenvalue weighted by molar-refractivity contribution is 0.159. The third-order valence-corrected chi connectivity index (χ3v) is 1.90. The van der Waals surface area contributed by atoms with Gasteiger partial charge in [0, 0.05) is 5.69 Å². The smallest absolute Gasteiger partial charge is 0.411 e. The molecule has 1 aromatic carbocycles. The number of hydrogen-bond acceptors (Lipinski definition) is 2. The topological polar surface area (TPSA) is 38.3 Å². The van der Waals surface area contributed by atoms with Crippen LogP contribution < -0.4 is 5.32 Å². The molecule has 1 aromatic rings. The Bertz CT molecular complexity index is 285. The van der Waals surface area contributed by atoms with Crippen molar-refractivity contribution >= 4 is 11.8 Å². The van der Waals surface area contributed by atoms with Gasteiger partial charge in [-0.15, -0.1) is 0 Å². The fourth-order valence-electron chi connectivity index (χ4n) is 1.12. The van der Waals surface area contributed by atoms with Crippen LogP contribution in [0.3, 0.4) is 0 Å². The van der Waals surface area contributed by atoms with E-state index in [1.165, 1.54) is 0 Å². The van der Waals surface area contributed by atoms with Gasteiger partial charge in [-0.1, -0.05) is 38.0 Å². The van der Waals surface area contributed by atoms with E-state index in [2.05, 4.69) is 12.2 Å². The number of anilines is 1. The minimum atomic E-state index is -0.398. The van der Waals surface area contributed by atoms with E-state index < -0.39 is 6.09 Å². The molecule has 0 aliphatic carbocycles. The predicted octanol–water partition coefficient (Wildman–Crippen LogP) is 3.24. The molecule has 1 amide bonds. The Morgan fingerprint density at radius 1 is 1.27 bits per heavy atom. The predicted molar refractivity (Wildman–Crippen MR) is 60.6 cm³/mol. The van der Waals surface area contributed by atoms with Crippen molar-refractivity contribution in [3.05, 3.63) is 37.3 Å². The summed E-state index contributed by atoms with van der Waals surface area (Å²) in [4.78, 5) is 11.2. The van der Waals surface area contributed by atoms with E-state index >= 15 is 0 Å². The molecule has 1 rings (SSSR count). The second-order valence-electron chi connectivity index (χ2n) is 3.19. The first-order valence-electron chi connectivity index (χ1n) is 5.11. The van der Waals surface area contributed by atoms with Gasteiger partial charge < -0.3 is 4.74 Å². The van der Waals surface area contributed by atoms with E-state index in [1.54, 1.807) is 0 Å². The first-order valence-corrected chi connectivity index (χ1v) is 5.11. The maximum atomic E-state index is 11.2. The number of rotatable bonds is 5. The van der Waals surface area contributed by atoms with Crippen molar-refractivity contribution in [2.24, 2.45) is 0 Å². The maximum Gasteiger partial charge on any atom is 0.411 e. The average molecular weight is 206 g/mol. The summed E-state index contributed by atoms with van der Waals surface area (Å²) in [6.07, 6.45) is 2.33. The Morgan fingerprint density at radius 2 is 2.00 bits per heavy atom. The lowest BCUT2D eigenvalue weighted by Gasteiger charge is -2.05. The molecular formula is C12H16NO2. The summed E-state index contributed by atoms with van der Waals surface area (Å²) in [5, 5.41) is 2.64. The van der Waals surface area contributed by atoms with Crippen LogP contribution in [-0.2, 0) is 4.74 Å². The Kier molecular flexibility index (Phi) is 5.30. The van der Waals surface area contributed by atoms with Gasteiger partial charge in [0.2, 0.25) is 0 Å². The van der Waals surface area contributed by atoms with Crippen LogP contribution in [0.4, 0.5) is 10.5 Å².